The van der Waals surface area contributed by atoms with E-state index >= 15 is 0 Å². The number of anilines is 1. The summed E-state index contributed by atoms with van der Waals surface area (Å²) in [5.74, 6) is 0. The molecule has 0 aromatic heterocycles. The molecule has 13 heavy (non-hydrogen) atoms. The summed E-state index contributed by atoms with van der Waals surface area (Å²) in [4.78, 5) is 0. The van der Waals surface area contributed by atoms with Crippen LogP contribution in [0.15, 0.2) is 24.3 Å². The summed E-state index contributed by atoms with van der Waals surface area (Å²) < 4.78 is 0. The zero-order chi connectivity index (χ0) is 9.31. The molecule has 0 radical (unpaired) electrons. The van der Waals surface area contributed by atoms with Crippen LogP contribution < -0.4 is 5.32 Å². The highest BCUT2D eigenvalue weighted by Crippen LogP contribution is 2.44. The molecule has 0 atom stereocenters. The van der Waals surface area contributed by atoms with Crippen LogP contribution in [0.25, 0.3) is 0 Å². The van der Waals surface area contributed by atoms with Gasteiger partial charge in [-0.25, -0.2) is 0 Å². The maximum Gasteiger partial charge on any atom is 0.0340 e. The monoisotopic (exact) mass is 175 g/mol. The van der Waals surface area contributed by atoms with E-state index in [1.807, 2.05) is 0 Å². The van der Waals surface area contributed by atoms with Crippen molar-refractivity contribution >= 4 is 5.69 Å². The second kappa shape index (κ2) is 3.06. The molecule has 70 valence electrons. The number of nitrogens with one attached hydrogen (secondary N) is 1. The third kappa shape index (κ3) is 2.24. The van der Waals surface area contributed by atoms with Crippen LogP contribution in [0.3, 0.4) is 0 Å². The smallest absolute Gasteiger partial charge is 0.0340 e. The van der Waals surface area contributed by atoms with Crippen LogP contribution in [0.1, 0.15) is 25.3 Å². The summed E-state index contributed by atoms with van der Waals surface area (Å²) in [5, 5.41) is 3.47. The van der Waals surface area contributed by atoms with Crippen molar-refractivity contribution in [2.45, 2.75) is 26.7 Å². The highest BCUT2D eigenvalue weighted by Gasteiger charge is 2.36. The number of aryl methyl sites for hydroxylation is 1. The molecular weight excluding hydrogens is 158 g/mol. The topological polar surface area (TPSA) is 12.0 Å². The molecule has 0 bridgehead atoms. The van der Waals surface area contributed by atoms with Gasteiger partial charge in [-0.3, -0.25) is 0 Å². The van der Waals surface area contributed by atoms with Gasteiger partial charge >= 0.3 is 0 Å². The molecule has 1 aliphatic rings. The predicted molar refractivity (Wildman–Crippen MR) is 57.0 cm³/mol. The van der Waals surface area contributed by atoms with E-state index in [4.69, 9.17) is 0 Å². The first-order valence-electron chi connectivity index (χ1n) is 4.99. The Morgan fingerprint density at radius 3 is 2.38 bits per heavy atom. The minimum Gasteiger partial charge on any atom is -0.384 e. The summed E-state index contributed by atoms with van der Waals surface area (Å²) in [5.41, 5.74) is 3.16. The lowest BCUT2D eigenvalue weighted by molar-refractivity contribution is 0.611. The SMILES string of the molecule is Cc1ccc(NCC2(C)CC2)cc1. The van der Waals surface area contributed by atoms with E-state index in [0.29, 0.717) is 5.41 Å². The maximum atomic E-state index is 3.47. The second-order valence-corrected chi connectivity index (χ2v) is 4.53. The Morgan fingerprint density at radius 2 is 1.85 bits per heavy atom. The minimum atomic E-state index is 0.588. The minimum absolute atomic E-state index is 0.588. The van der Waals surface area contributed by atoms with Crippen molar-refractivity contribution in [3.8, 4) is 0 Å². The lowest BCUT2D eigenvalue weighted by Crippen LogP contribution is -2.11. The quantitative estimate of drug-likeness (QED) is 0.743. The van der Waals surface area contributed by atoms with Gasteiger partial charge in [0.2, 0.25) is 0 Å². The van der Waals surface area contributed by atoms with Gasteiger partial charge in [-0.1, -0.05) is 24.6 Å². The molecule has 2 rings (SSSR count). The van der Waals surface area contributed by atoms with Crippen molar-refractivity contribution in [2.75, 3.05) is 11.9 Å². The molecule has 1 heteroatoms. The maximum absolute atomic E-state index is 3.47. The van der Waals surface area contributed by atoms with E-state index in [1.54, 1.807) is 0 Å². The molecule has 0 heterocycles. The number of benzene rings is 1. The van der Waals surface area contributed by atoms with Crippen molar-refractivity contribution in [3.63, 3.8) is 0 Å². The second-order valence-electron chi connectivity index (χ2n) is 4.53. The average molecular weight is 175 g/mol. The molecule has 1 nitrogen and oxygen atoms in total. The van der Waals surface area contributed by atoms with E-state index in [9.17, 15) is 0 Å². The zero-order valence-corrected chi connectivity index (χ0v) is 8.43. The van der Waals surface area contributed by atoms with Crippen molar-refractivity contribution in [1.82, 2.24) is 0 Å². The zero-order valence-electron chi connectivity index (χ0n) is 8.43. The van der Waals surface area contributed by atoms with Gasteiger partial charge in [0.25, 0.3) is 0 Å². The normalized spacial score (nSPS) is 18.3. The largest absolute Gasteiger partial charge is 0.384 e. The van der Waals surface area contributed by atoms with Crippen molar-refractivity contribution in [2.24, 2.45) is 5.41 Å². The molecule has 1 fully saturated rings. The number of hydrogen-bond acceptors (Lipinski definition) is 1. The van der Waals surface area contributed by atoms with Gasteiger partial charge in [-0.05, 0) is 37.3 Å². The van der Waals surface area contributed by atoms with E-state index < -0.39 is 0 Å². The third-order valence-corrected chi connectivity index (χ3v) is 2.87. The molecule has 1 aromatic rings. The molecule has 0 spiro atoms. The molecule has 0 amide bonds. The van der Waals surface area contributed by atoms with Gasteiger partial charge in [-0.15, -0.1) is 0 Å². The highest BCUT2D eigenvalue weighted by atomic mass is 14.9. The fraction of sp³-hybridized carbons (Fsp3) is 0.500. The Bertz CT molecular complexity index is 282. The highest BCUT2D eigenvalue weighted by molar-refractivity contribution is 5.44. The fourth-order valence-electron chi connectivity index (χ4n) is 1.38. The van der Waals surface area contributed by atoms with Gasteiger partial charge in [0.1, 0.15) is 0 Å². The summed E-state index contributed by atoms with van der Waals surface area (Å²) in [6, 6.07) is 8.61. The lowest BCUT2D eigenvalue weighted by Gasteiger charge is -2.11. The first kappa shape index (κ1) is 8.61. The average Bonchev–Trinajstić information content (AvgIpc) is 2.84. The van der Waals surface area contributed by atoms with E-state index in [1.165, 1.54) is 24.1 Å². The Hall–Kier alpha value is -0.980. The first-order chi connectivity index (χ1) is 6.18. The molecule has 0 saturated heterocycles. The Morgan fingerprint density at radius 1 is 1.23 bits per heavy atom. The van der Waals surface area contributed by atoms with Gasteiger partial charge in [0.05, 0.1) is 0 Å². The molecule has 0 unspecified atom stereocenters. The van der Waals surface area contributed by atoms with Gasteiger partial charge < -0.3 is 5.32 Å². The summed E-state index contributed by atoms with van der Waals surface area (Å²) in [6.07, 6.45) is 2.76. The molecule has 1 aromatic carbocycles. The van der Waals surface area contributed by atoms with Crippen LogP contribution in [-0.4, -0.2) is 6.54 Å². The van der Waals surface area contributed by atoms with Crippen LogP contribution in [0.2, 0.25) is 0 Å². The van der Waals surface area contributed by atoms with E-state index in [-0.39, 0.29) is 0 Å². The Balaban J connectivity index is 1.91. The molecule has 1 N–H and O–H groups in total. The van der Waals surface area contributed by atoms with Crippen molar-refractivity contribution in [1.29, 1.82) is 0 Å². The number of rotatable bonds is 3. The van der Waals surface area contributed by atoms with Crippen LogP contribution in [0.4, 0.5) is 5.69 Å². The Kier molecular flexibility index (Phi) is 2.03. The Labute approximate surface area is 80.2 Å². The lowest BCUT2D eigenvalue weighted by atomic mass is 10.1. The van der Waals surface area contributed by atoms with E-state index in [2.05, 4.69) is 43.4 Å². The van der Waals surface area contributed by atoms with Crippen molar-refractivity contribution < 1.29 is 0 Å². The molecule has 0 aliphatic heterocycles. The van der Waals surface area contributed by atoms with E-state index in [0.717, 1.165) is 6.54 Å². The third-order valence-electron chi connectivity index (χ3n) is 2.87. The van der Waals surface area contributed by atoms with Crippen molar-refractivity contribution in [3.05, 3.63) is 29.8 Å². The van der Waals surface area contributed by atoms with Crippen LogP contribution >= 0.6 is 0 Å². The first-order valence-corrected chi connectivity index (χ1v) is 4.99. The summed E-state index contributed by atoms with van der Waals surface area (Å²) in [6.45, 7) is 5.58. The van der Waals surface area contributed by atoms with Gasteiger partial charge in [0, 0.05) is 12.2 Å². The molecular formula is C12H17N. The fourth-order valence-corrected chi connectivity index (χ4v) is 1.38. The van der Waals surface area contributed by atoms with Gasteiger partial charge in [-0.2, -0.15) is 0 Å². The molecule has 1 saturated carbocycles. The standard InChI is InChI=1S/C12H17N/c1-10-3-5-11(6-4-10)13-9-12(2)7-8-12/h3-6,13H,7-9H2,1-2H3. The predicted octanol–water partition coefficient (Wildman–Crippen LogP) is 3.21. The van der Waals surface area contributed by atoms with Crippen LogP contribution in [0, 0.1) is 12.3 Å². The summed E-state index contributed by atoms with van der Waals surface area (Å²) >= 11 is 0. The number of hydrogen-bond donors (Lipinski definition) is 1. The van der Waals surface area contributed by atoms with Gasteiger partial charge in [0.15, 0.2) is 0 Å². The van der Waals surface area contributed by atoms with Crippen LogP contribution in [0.5, 0.6) is 0 Å². The van der Waals surface area contributed by atoms with Crippen LogP contribution in [-0.2, 0) is 0 Å². The summed E-state index contributed by atoms with van der Waals surface area (Å²) in [7, 11) is 0. The molecule has 1 aliphatic carbocycles.